The Bertz CT molecular complexity index is 656. The average molecular weight is 357 g/mol. The van der Waals surface area contributed by atoms with Gasteiger partial charge in [0.05, 0.1) is 12.1 Å². The normalized spacial score (nSPS) is 19.7. The molecular formula is C15H27N5O3S. The molecule has 2 heterocycles. The number of amides is 1. The van der Waals surface area contributed by atoms with Gasteiger partial charge in [0, 0.05) is 19.1 Å². The Morgan fingerprint density at radius 2 is 2.25 bits per heavy atom. The van der Waals surface area contributed by atoms with Crippen LogP contribution in [0.2, 0.25) is 0 Å². The first-order valence-corrected chi connectivity index (χ1v) is 9.84. The molecular weight excluding hydrogens is 330 g/mol. The van der Waals surface area contributed by atoms with Crippen molar-refractivity contribution in [2.75, 3.05) is 26.2 Å². The molecule has 136 valence electrons. The summed E-state index contributed by atoms with van der Waals surface area (Å²) in [5.74, 6) is -0.335. The first kappa shape index (κ1) is 18.9. The second-order valence-corrected chi connectivity index (χ2v) is 8.22. The smallest absolute Gasteiger partial charge is 0.257 e. The van der Waals surface area contributed by atoms with Gasteiger partial charge in [0.25, 0.3) is 10.0 Å². The topological polar surface area (TPSA) is 110 Å². The molecule has 0 aromatic carbocycles. The van der Waals surface area contributed by atoms with E-state index in [0.717, 1.165) is 25.9 Å². The Labute approximate surface area is 143 Å². The number of sulfonamides is 1. The van der Waals surface area contributed by atoms with Crippen LogP contribution in [-0.2, 0) is 14.8 Å². The first-order chi connectivity index (χ1) is 11.3. The third-order valence-corrected chi connectivity index (χ3v) is 5.71. The second-order valence-electron chi connectivity index (χ2n) is 6.50. The molecule has 0 saturated carbocycles. The van der Waals surface area contributed by atoms with Crippen molar-refractivity contribution in [2.45, 2.75) is 44.2 Å². The monoisotopic (exact) mass is 357 g/mol. The zero-order chi connectivity index (χ0) is 17.7. The first-order valence-electron chi connectivity index (χ1n) is 8.36. The predicted octanol–water partition coefficient (Wildman–Crippen LogP) is 0.330. The summed E-state index contributed by atoms with van der Waals surface area (Å²) in [7, 11) is -3.56. The van der Waals surface area contributed by atoms with E-state index in [-0.39, 0.29) is 22.9 Å². The van der Waals surface area contributed by atoms with Crippen LogP contribution in [0.1, 0.15) is 39.2 Å². The summed E-state index contributed by atoms with van der Waals surface area (Å²) in [6.45, 7) is 6.47. The number of aromatic nitrogens is 2. The molecule has 2 rings (SSSR count). The number of nitrogens with two attached hydrogens (primary N) is 1. The van der Waals surface area contributed by atoms with E-state index < -0.39 is 10.0 Å². The zero-order valence-corrected chi connectivity index (χ0v) is 15.1. The molecule has 1 aromatic heterocycles. The summed E-state index contributed by atoms with van der Waals surface area (Å²) >= 11 is 0. The summed E-state index contributed by atoms with van der Waals surface area (Å²) in [4.78, 5) is 13.4. The van der Waals surface area contributed by atoms with Crippen molar-refractivity contribution in [1.82, 2.24) is 19.4 Å². The molecule has 0 spiro atoms. The van der Waals surface area contributed by atoms with Crippen molar-refractivity contribution < 1.29 is 13.2 Å². The van der Waals surface area contributed by atoms with Gasteiger partial charge in [-0.25, -0.2) is 13.1 Å². The molecule has 1 aliphatic heterocycles. The lowest BCUT2D eigenvalue weighted by Crippen LogP contribution is -2.42. The third-order valence-electron chi connectivity index (χ3n) is 4.25. The van der Waals surface area contributed by atoms with Crippen LogP contribution in [0.15, 0.2) is 17.3 Å². The maximum Gasteiger partial charge on any atom is 0.257 e. The van der Waals surface area contributed by atoms with Gasteiger partial charge in [-0.1, -0.05) is 0 Å². The number of hydrogen-bond donors (Lipinski definition) is 2. The Morgan fingerprint density at radius 1 is 1.50 bits per heavy atom. The minimum absolute atomic E-state index is 0.0225. The van der Waals surface area contributed by atoms with Crippen LogP contribution in [0.3, 0.4) is 0 Å². The largest absolute Gasteiger partial charge is 0.369 e. The summed E-state index contributed by atoms with van der Waals surface area (Å²) in [6, 6.07) is 1.48. The number of likely N-dealkylation sites (tertiary alicyclic amines) is 1. The van der Waals surface area contributed by atoms with E-state index in [0.29, 0.717) is 19.5 Å². The van der Waals surface area contributed by atoms with Crippen molar-refractivity contribution in [3.8, 4) is 0 Å². The zero-order valence-electron chi connectivity index (χ0n) is 14.3. The quantitative estimate of drug-likeness (QED) is 0.652. The number of nitrogens with one attached hydrogen (secondary N) is 1. The lowest BCUT2D eigenvalue weighted by molar-refractivity contribution is -0.123. The summed E-state index contributed by atoms with van der Waals surface area (Å²) in [6.07, 6.45) is 3.97. The van der Waals surface area contributed by atoms with Crippen LogP contribution in [-0.4, -0.2) is 55.2 Å². The van der Waals surface area contributed by atoms with Gasteiger partial charge in [-0.15, -0.1) is 0 Å². The molecule has 1 saturated heterocycles. The van der Waals surface area contributed by atoms with Gasteiger partial charge in [0.15, 0.2) is 5.03 Å². The fraction of sp³-hybridized carbons (Fsp3) is 0.733. The van der Waals surface area contributed by atoms with E-state index in [4.69, 9.17) is 5.73 Å². The molecule has 1 aromatic rings. The van der Waals surface area contributed by atoms with Crippen molar-refractivity contribution in [3.05, 3.63) is 12.3 Å². The molecule has 0 bridgehead atoms. The lowest BCUT2D eigenvalue weighted by atomic mass is 9.97. The number of nitrogens with zero attached hydrogens (tertiary/aromatic N) is 3. The van der Waals surface area contributed by atoms with Crippen LogP contribution in [0, 0.1) is 5.92 Å². The van der Waals surface area contributed by atoms with Crippen LogP contribution < -0.4 is 10.5 Å². The van der Waals surface area contributed by atoms with Gasteiger partial charge >= 0.3 is 0 Å². The van der Waals surface area contributed by atoms with Gasteiger partial charge in [0.2, 0.25) is 5.91 Å². The van der Waals surface area contributed by atoms with E-state index >= 15 is 0 Å². The van der Waals surface area contributed by atoms with Gasteiger partial charge in [-0.05, 0) is 52.3 Å². The Morgan fingerprint density at radius 3 is 2.92 bits per heavy atom. The maximum absolute atomic E-state index is 12.4. The highest BCUT2D eigenvalue weighted by atomic mass is 32.2. The van der Waals surface area contributed by atoms with E-state index in [1.807, 2.05) is 13.8 Å². The second kappa shape index (κ2) is 8.09. The molecule has 0 aliphatic carbocycles. The van der Waals surface area contributed by atoms with Crippen molar-refractivity contribution >= 4 is 15.9 Å². The lowest BCUT2D eigenvalue weighted by Gasteiger charge is -2.31. The molecule has 1 unspecified atom stereocenters. The van der Waals surface area contributed by atoms with Crippen LogP contribution in [0.5, 0.6) is 0 Å². The standard InChI is InChI=1S/C15H27N5O3S/c1-12(2)20-14(6-8-17-20)24(22,23)18-7-4-10-19-9-3-5-13(11-19)15(16)21/h6,8,12-13,18H,3-5,7,9-11H2,1-2H3,(H2,16,21). The molecule has 8 nitrogen and oxygen atoms in total. The summed E-state index contributed by atoms with van der Waals surface area (Å²) < 4.78 is 28.8. The Hall–Kier alpha value is -1.45. The fourth-order valence-electron chi connectivity index (χ4n) is 2.98. The Balaban J connectivity index is 1.81. The molecule has 1 amide bonds. The maximum atomic E-state index is 12.4. The molecule has 1 fully saturated rings. The SMILES string of the molecule is CC(C)n1nccc1S(=O)(=O)NCCCN1CCCC(C(N)=O)C1. The molecule has 1 aliphatic rings. The van der Waals surface area contributed by atoms with Crippen molar-refractivity contribution in [2.24, 2.45) is 11.7 Å². The minimum atomic E-state index is -3.56. The number of carbonyl (C=O) groups is 1. The summed E-state index contributed by atoms with van der Waals surface area (Å²) in [5, 5.41) is 4.24. The number of hydrogen-bond acceptors (Lipinski definition) is 5. The van der Waals surface area contributed by atoms with Crippen LogP contribution in [0.4, 0.5) is 0 Å². The molecule has 9 heteroatoms. The number of piperidine rings is 1. The highest BCUT2D eigenvalue weighted by Gasteiger charge is 2.24. The van der Waals surface area contributed by atoms with Crippen molar-refractivity contribution in [1.29, 1.82) is 0 Å². The van der Waals surface area contributed by atoms with Crippen molar-refractivity contribution in [3.63, 3.8) is 0 Å². The highest BCUT2D eigenvalue weighted by molar-refractivity contribution is 7.89. The highest BCUT2D eigenvalue weighted by Crippen LogP contribution is 2.16. The fourth-order valence-corrected chi connectivity index (χ4v) is 4.28. The van der Waals surface area contributed by atoms with Gasteiger partial charge < -0.3 is 10.6 Å². The number of rotatable bonds is 8. The predicted molar refractivity (Wildman–Crippen MR) is 90.8 cm³/mol. The number of primary amides is 1. The summed E-state index contributed by atoms with van der Waals surface area (Å²) in [5.41, 5.74) is 5.37. The molecule has 24 heavy (non-hydrogen) atoms. The van der Waals surface area contributed by atoms with Gasteiger partial charge in [-0.3, -0.25) is 9.48 Å². The van der Waals surface area contributed by atoms with E-state index in [1.165, 1.54) is 16.9 Å². The van der Waals surface area contributed by atoms with E-state index in [1.54, 1.807) is 0 Å². The van der Waals surface area contributed by atoms with Crippen LogP contribution in [0.25, 0.3) is 0 Å². The molecule has 3 N–H and O–H groups in total. The van der Waals surface area contributed by atoms with Crippen LogP contribution >= 0.6 is 0 Å². The third kappa shape index (κ3) is 4.78. The van der Waals surface area contributed by atoms with Gasteiger partial charge in [0.1, 0.15) is 0 Å². The molecule has 0 radical (unpaired) electrons. The average Bonchev–Trinajstić information content (AvgIpc) is 3.03. The van der Waals surface area contributed by atoms with Gasteiger partial charge in [-0.2, -0.15) is 5.10 Å². The number of carbonyl (C=O) groups excluding carboxylic acids is 1. The molecule has 1 atom stereocenters. The Kier molecular flexibility index (Phi) is 6.36. The minimum Gasteiger partial charge on any atom is -0.369 e. The van der Waals surface area contributed by atoms with E-state index in [9.17, 15) is 13.2 Å². The van der Waals surface area contributed by atoms with E-state index in [2.05, 4.69) is 14.7 Å².